The molecule has 0 fully saturated rings. The summed E-state index contributed by atoms with van der Waals surface area (Å²) in [6, 6.07) is 1.40. The van der Waals surface area contributed by atoms with Crippen LogP contribution in [0.15, 0.2) is 12.3 Å². The van der Waals surface area contributed by atoms with Crippen molar-refractivity contribution in [1.29, 1.82) is 0 Å². The number of methoxy groups -OCH3 is 1. The van der Waals surface area contributed by atoms with Gasteiger partial charge in [-0.05, 0) is 19.4 Å². The predicted octanol–water partition coefficient (Wildman–Crippen LogP) is 3.80. The van der Waals surface area contributed by atoms with Crippen LogP contribution in [-0.2, 0) is 4.74 Å². The van der Waals surface area contributed by atoms with Gasteiger partial charge in [-0.25, -0.2) is 4.79 Å². The number of Topliss-reactive ketones (excluding diaryl/α,β-unsaturated/α-hetero) is 1. The van der Waals surface area contributed by atoms with Crippen LogP contribution in [0.3, 0.4) is 0 Å². The number of carbonyl (C=O) groups excluding carboxylic acids is 2. The van der Waals surface area contributed by atoms with E-state index in [1.165, 1.54) is 19.4 Å². The van der Waals surface area contributed by atoms with Gasteiger partial charge >= 0.3 is 5.97 Å². The Balaban J connectivity index is 3.28. The van der Waals surface area contributed by atoms with E-state index in [0.29, 0.717) is 0 Å². The highest BCUT2D eigenvalue weighted by Crippen LogP contribution is 2.31. The Labute approximate surface area is 126 Å². The molecule has 0 aliphatic heterocycles. The highest BCUT2D eigenvalue weighted by molar-refractivity contribution is 6.77. The summed E-state index contributed by atoms with van der Waals surface area (Å²) in [4.78, 5) is 23.6. The lowest BCUT2D eigenvalue weighted by Crippen LogP contribution is -2.18. The minimum absolute atomic E-state index is 0.0195. The molecule has 1 heterocycles. The topological polar surface area (TPSA) is 48.3 Å². The third-order valence-electron chi connectivity index (χ3n) is 2.83. The van der Waals surface area contributed by atoms with E-state index in [-0.39, 0.29) is 17.3 Å². The van der Waals surface area contributed by atoms with Crippen molar-refractivity contribution in [2.45, 2.75) is 30.1 Å². The molecule has 0 bridgehead atoms. The maximum absolute atomic E-state index is 11.9. The summed E-state index contributed by atoms with van der Waals surface area (Å²) in [5.41, 5.74) is 0.426. The summed E-state index contributed by atoms with van der Waals surface area (Å²) in [7, 11) is 1.27. The third-order valence-corrected chi connectivity index (χ3v) is 3.34. The van der Waals surface area contributed by atoms with E-state index in [2.05, 4.69) is 4.74 Å². The molecule has 0 aromatic carbocycles. The zero-order valence-electron chi connectivity index (χ0n) is 10.7. The molecule has 0 N–H and O–H groups in total. The summed E-state index contributed by atoms with van der Waals surface area (Å²) in [6.45, 7) is 3.87. The SMILES string of the molecule is CCC(C)n1cc(C(=O)C(Cl)(Cl)Cl)cc1C(=O)OC. The quantitative estimate of drug-likeness (QED) is 0.480. The molecule has 1 aromatic rings. The van der Waals surface area contributed by atoms with Gasteiger partial charge in [-0.1, -0.05) is 41.7 Å². The Kier molecular flexibility index (Phi) is 5.30. The number of hydrogen-bond donors (Lipinski definition) is 0. The molecule has 0 amide bonds. The molecule has 106 valence electrons. The number of nitrogens with zero attached hydrogens (tertiary/aromatic N) is 1. The van der Waals surface area contributed by atoms with Crippen LogP contribution in [0.5, 0.6) is 0 Å². The molecule has 0 aliphatic rings. The minimum Gasteiger partial charge on any atom is -0.464 e. The number of alkyl halides is 3. The van der Waals surface area contributed by atoms with Crippen molar-refractivity contribution in [2.24, 2.45) is 0 Å². The number of ether oxygens (including phenoxy) is 1. The van der Waals surface area contributed by atoms with Crippen molar-refractivity contribution in [3.63, 3.8) is 0 Å². The zero-order chi connectivity index (χ0) is 14.8. The summed E-state index contributed by atoms with van der Waals surface area (Å²) in [5.74, 6) is -1.21. The lowest BCUT2D eigenvalue weighted by Gasteiger charge is -2.14. The van der Waals surface area contributed by atoms with E-state index in [4.69, 9.17) is 34.8 Å². The van der Waals surface area contributed by atoms with Crippen molar-refractivity contribution < 1.29 is 14.3 Å². The normalized spacial score (nSPS) is 13.2. The van der Waals surface area contributed by atoms with Gasteiger partial charge in [-0.3, -0.25) is 4.79 Å². The van der Waals surface area contributed by atoms with Crippen LogP contribution >= 0.6 is 34.8 Å². The molecule has 0 aliphatic carbocycles. The number of aromatic nitrogens is 1. The lowest BCUT2D eigenvalue weighted by atomic mass is 10.2. The maximum Gasteiger partial charge on any atom is 0.354 e. The van der Waals surface area contributed by atoms with Crippen molar-refractivity contribution in [3.05, 3.63) is 23.5 Å². The molecular formula is C12H14Cl3NO3. The van der Waals surface area contributed by atoms with E-state index in [1.807, 2.05) is 13.8 Å². The second-order valence-corrected chi connectivity index (χ2v) is 6.38. The smallest absolute Gasteiger partial charge is 0.354 e. The fourth-order valence-corrected chi connectivity index (χ4v) is 1.92. The number of halogens is 3. The van der Waals surface area contributed by atoms with E-state index < -0.39 is 15.5 Å². The van der Waals surface area contributed by atoms with Gasteiger partial charge in [0.2, 0.25) is 5.78 Å². The molecule has 0 saturated carbocycles. The summed E-state index contributed by atoms with van der Waals surface area (Å²) in [6.07, 6.45) is 2.28. The summed E-state index contributed by atoms with van der Waals surface area (Å²) < 4.78 is 4.28. The van der Waals surface area contributed by atoms with Gasteiger partial charge in [0.25, 0.3) is 3.79 Å². The van der Waals surface area contributed by atoms with Crippen LogP contribution in [0.25, 0.3) is 0 Å². The Bertz CT molecular complexity index is 491. The van der Waals surface area contributed by atoms with Crippen LogP contribution < -0.4 is 0 Å². The van der Waals surface area contributed by atoms with Gasteiger partial charge < -0.3 is 9.30 Å². The van der Waals surface area contributed by atoms with E-state index in [1.54, 1.807) is 4.57 Å². The zero-order valence-corrected chi connectivity index (χ0v) is 13.0. The second-order valence-electron chi connectivity index (χ2n) is 4.10. The van der Waals surface area contributed by atoms with Crippen LogP contribution in [0.4, 0.5) is 0 Å². The van der Waals surface area contributed by atoms with Gasteiger partial charge in [-0.2, -0.15) is 0 Å². The van der Waals surface area contributed by atoms with Gasteiger partial charge in [0, 0.05) is 17.8 Å². The Morgan fingerprint density at radius 1 is 1.42 bits per heavy atom. The average molecular weight is 327 g/mol. The van der Waals surface area contributed by atoms with E-state index in [0.717, 1.165) is 6.42 Å². The molecular weight excluding hydrogens is 312 g/mol. The molecule has 1 aromatic heterocycles. The van der Waals surface area contributed by atoms with E-state index >= 15 is 0 Å². The first-order valence-electron chi connectivity index (χ1n) is 5.64. The van der Waals surface area contributed by atoms with Gasteiger partial charge in [-0.15, -0.1) is 0 Å². The van der Waals surface area contributed by atoms with Crippen LogP contribution in [0.2, 0.25) is 0 Å². The first kappa shape index (κ1) is 16.3. The fourth-order valence-electron chi connectivity index (χ4n) is 1.60. The van der Waals surface area contributed by atoms with Crippen molar-refractivity contribution in [1.82, 2.24) is 4.57 Å². The maximum atomic E-state index is 11.9. The summed E-state index contributed by atoms with van der Waals surface area (Å²) >= 11 is 16.7. The first-order chi connectivity index (χ1) is 8.72. The number of ketones is 1. The molecule has 1 unspecified atom stereocenters. The van der Waals surface area contributed by atoms with Gasteiger partial charge in [0.1, 0.15) is 5.69 Å². The third kappa shape index (κ3) is 3.65. The van der Waals surface area contributed by atoms with Crippen molar-refractivity contribution in [2.75, 3.05) is 7.11 Å². The monoisotopic (exact) mass is 325 g/mol. The van der Waals surface area contributed by atoms with Crippen LogP contribution in [-0.4, -0.2) is 27.2 Å². The molecule has 1 atom stereocenters. The number of rotatable bonds is 4. The Morgan fingerprint density at radius 2 is 2.00 bits per heavy atom. The number of hydrogen-bond acceptors (Lipinski definition) is 3. The standard InChI is InChI=1S/C12H14Cl3NO3/c1-4-7(2)16-6-8(10(17)12(13,14)15)5-9(16)11(18)19-3/h5-7H,4H2,1-3H3. The van der Waals surface area contributed by atoms with Crippen LogP contribution in [0, 0.1) is 0 Å². The average Bonchev–Trinajstić information content (AvgIpc) is 2.79. The molecule has 1 rings (SSSR count). The molecule has 19 heavy (non-hydrogen) atoms. The van der Waals surface area contributed by atoms with Crippen molar-refractivity contribution in [3.8, 4) is 0 Å². The molecule has 0 spiro atoms. The number of carbonyl (C=O) groups is 2. The first-order valence-corrected chi connectivity index (χ1v) is 6.77. The summed E-state index contributed by atoms with van der Waals surface area (Å²) in [5, 5.41) is 0. The van der Waals surface area contributed by atoms with Gasteiger partial charge in [0.05, 0.1) is 7.11 Å². The number of esters is 1. The minimum atomic E-state index is -2.05. The second kappa shape index (κ2) is 6.16. The molecule has 7 heteroatoms. The molecule has 0 saturated heterocycles. The van der Waals surface area contributed by atoms with Gasteiger partial charge in [0.15, 0.2) is 0 Å². The molecule has 4 nitrogen and oxygen atoms in total. The van der Waals surface area contributed by atoms with Crippen LogP contribution in [0.1, 0.15) is 47.2 Å². The largest absolute Gasteiger partial charge is 0.464 e. The Hall–Kier alpha value is -0.710. The highest BCUT2D eigenvalue weighted by atomic mass is 35.6. The van der Waals surface area contributed by atoms with E-state index in [9.17, 15) is 9.59 Å². The molecule has 0 radical (unpaired) electrons. The predicted molar refractivity (Wildman–Crippen MR) is 75.4 cm³/mol. The lowest BCUT2D eigenvalue weighted by molar-refractivity contribution is 0.0586. The fraction of sp³-hybridized carbons (Fsp3) is 0.500. The highest BCUT2D eigenvalue weighted by Gasteiger charge is 2.33. The van der Waals surface area contributed by atoms with Crippen molar-refractivity contribution >= 4 is 46.6 Å². The Morgan fingerprint density at radius 3 is 2.42 bits per heavy atom.